The predicted molar refractivity (Wildman–Crippen MR) is 46.7 cm³/mol. The molecule has 82 valence electrons. The zero-order valence-corrected chi connectivity index (χ0v) is 16.7. The van der Waals surface area contributed by atoms with Crippen molar-refractivity contribution in [2.45, 2.75) is 10.5 Å². The number of thiol groups is 1. The smallest absolute Gasteiger partial charge is 1.00 e. The van der Waals surface area contributed by atoms with Crippen molar-refractivity contribution in [3.63, 3.8) is 0 Å². The average molecular weight is 302 g/mol. The van der Waals surface area contributed by atoms with Gasteiger partial charge in [0, 0.05) is 0 Å². The Hall–Kier alpha value is 2.20. The average Bonchev–Trinajstić information content (AvgIpc) is 1.82. The maximum absolute atomic E-state index is 10.4. The van der Waals surface area contributed by atoms with E-state index in [-0.39, 0.29) is 93.0 Å². The summed E-state index contributed by atoms with van der Waals surface area (Å²) in [5.74, 6) is -3.71. The van der Waals surface area contributed by atoms with Crippen molar-refractivity contribution < 1.29 is 126 Å². The van der Waals surface area contributed by atoms with Crippen molar-refractivity contribution in [3.8, 4) is 0 Å². The monoisotopic (exact) mass is 302 g/mol. The van der Waals surface area contributed by atoms with E-state index in [2.05, 4.69) is 12.6 Å². The van der Waals surface area contributed by atoms with Crippen LogP contribution >= 0.6 is 12.6 Å². The zero-order chi connectivity index (χ0) is 10.8. The summed E-state index contributed by atoms with van der Waals surface area (Å²) in [5, 5.41) is 12.1. The molecule has 0 saturated heterocycles. The van der Waals surface area contributed by atoms with Crippen LogP contribution in [0.2, 0.25) is 0 Å². The molecule has 0 aliphatic heterocycles. The van der Waals surface area contributed by atoms with Gasteiger partial charge in [-0.1, -0.05) is 0 Å². The van der Waals surface area contributed by atoms with Crippen LogP contribution in [0.3, 0.4) is 0 Å². The third-order valence-electron chi connectivity index (χ3n) is 1.10. The van der Waals surface area contributed by atoms with Crippen LogP contribution in [0, 0.1) is 0 Å². The number of aliphatic carboxylic acids is 2. The van der Waals surface area contributed by atoms with Gasteiger partial charge in [0.05, 0.1) is 0 Å². The number of rotatable bonds is 4. The summed E-state index contributed by atoms with van der Waals surface area (Å²) in [5.41, 5.74) is 0. The zero-order valence-electron chi connectivity index (χ0n) is 12.0. The molecule has 0 aliphatic carbocycles. The van der Waals surface area contributed by atoms with Gasteiger partial charge in [-0.25, -0.2) is 0 Å². The molecule has 0 spiro atoms. The Labute approximate surface area is 168 Å². The molecule has 2 unspecified atom stereocenters. The molecule has 0 aromatic rings. The molecule has 0 aliphatic rings. The molecule has 0 aromatic carbocycles. The Morgan fingerprint density at radius 3 is 1.44 bits per heavy atom. The van der Waals surface area contributed by atoms with Crippen molar-refractivity contribution in [3.05, 3.63) is 0 Å². The van der Waals surface area contributed by atoms with Gasteiger partial charge >= 0.3 is 101 Å². The SMILES string of the molecule is O=C(O)C(S)C(C(=O)O)S(=O)(=O)O.[H-].[H-].[H-].[Na+].[Na+].[Na+]. The fourth-order valence-corrected chi connectivity index (χ4v) is 1.84. The van der Waals surface area contributed by atoms with Crippen LogP contribution < -0.4 is 88.7 Å². The summed E-state index contributed by atoms with van der Waals surface area (Å²) in [6.07, 6.45) is 0. The van der Waals surface area contributed by atoms with Crippen LogP contribution in [0.1, 0.15) is 4.28 Å². The maximum atomic E-state index is 10.4. The molecule has 0 aromatic heterocycles. The van der Waals surface area contributed by atoms with E-state index in [0.717, 1.165) is 0 Å². The summed E-state index contributed by atoms with van der Waals surface area (Å²) in [7, 11) is -4.97. The van der Waals surface area contributed by atoms with E-state index in [0.29, 0.717) is 0 Å². The summed E-state index contributed by atoms with van der Waals surface area (Å²) in [6, 6.07) is 0. The van der Waals surface area contributed by atoms with E-state index in [9.17, 15) is 18.0 Å². The van der Waals surface area contributed by atoms with E-state index in [1.54, 1.807) is 0 Å². The van der Waals surface area contributed by atoms with Crippen LogP contribution in [-0.2, 0) is 19.7 Å². The van der Waals surface area contributed by atoms with Gasteiger partial charge in [-0.2, -0.15) is 21.0 Å². The topological polar surface area (TPSA) is 129 Å². The van der Waals surface area contributed by atoms with Crippen LogP contribution in [0.15, 0.2) is 0 Å². The summed E-state index contributed by atoms with van der Waals surface area (Å²) >= 11 is 3.23. The molecule has 0 bridgehead atoms. The standard InChI is InChI=1S/C4H6O7S2.3Na.3H/c5-3(6)1(12)2(4(7)8)13(9,10)11;;;;;;/h1-2,12H,(H,5,6)(H,7,8)(H,9,10,11);;;;;;/q;3*+1;3*-1. The Balaban J connectivity index is -0.0000000480. The molecule has 0 fully saturated rings. The number of carboxylic acids is 2. The molecule has 3 N–H and O–H groups in total. The minimum absolute atomic E-state index is 0. The first-order valence-electron chi connectivity index (χ1n) is 2.78. The molecule has 0 heterocycles. The van der Waals surface area contributed by atoms with Gasteiger partial charge in [0.2, 0.25) is 5.25 Å². The molecule has 12 heteroatoms. The fraction of sp³-hybridized carbons (Fsp3) is 0.500. The molecule has 16 heavy (non-hydrogen) atoms. The largest absolute Gasteiger partial charge is 1.00 e. The second-order valence-corrected chi connectivity index (χ2v) is 4.15. The van der Waals surface area contributed by atoms with Gasteiger partial charge in [0.1, 0.15) is 5.25 Å². The molecule has 7 nitrogen and oxygen atoms in total. The van der Waals surface area contributed by atoms with E-state index in [4.69, 9.17) is 14.8 Å². The predicted octanol–water partition coefficient (Wildman–Crippen LogP) is -9.94. The first-order valence-corrected chi connectivity index (χ1v) is 4.80. The van der Waals surface area contributed by atoms with E-state index < -0.39 is 32.6 Å². The number of carboxylic acid groups (broad SMARTS) is 2. The van der Waals surface area contributed by atoms with Crippen molar-refractivity contribution in [2.75, 3.05) is 0 Å². The quantitative estimate of drug-likeness (QED) is 0.230. The summed E-state index contributed by atoms with van der Waals surface area (Å²) < 4.78 is 29.1. The van der Waals surface area contributed by atoms with Gasteiger partial charge in [-0.15, -0.1) is 0 Å². The second kappa shape index (κ2) is 11.1. The molecule has 0 saturated carbocycles. The van der Waals surface area contributed by atoms with Gasteiger partial charge in [0.15, 0.2) is 0 Å². The van der Waals surface area contributed by atoms with E-state index in [1.165, 1.54) is 0 Å². The van der Waals surface area contributed by atoms with Crippen molar-refractivity contribution in [2.24, 2.45) is 0 Å². The van der Waals surface area contributed by atoms with Crippen LogP contribution in [0.5, 0.6) is 0 Å². The molecule has 0 amide bonds. The Morgan fingerprint density at radius 1 is 1.06 bits per heavy atom. The second-order valence-electron chi connectivity index (χ2n) is 2.06. The van der Waals surface area contributed by atoms with Crippen LogP contribution in [0.25, 0.3) is 0 Å². The van der Waals surface area contributed by atoms with Crippen LogP contribution in [-0.4, -0.2) is 45.6 Å². The maximum Gasteiger partial charge on any atom is 1.00 e. The summed E-state index contributed by atoms with van der Waals surface area (Å²) in [6.45, 7) is 0. The Kier molecular flexibility index (Phi) is 18.5. The summed E-state index contributed by atoms with van der Waals surface area (Å²) in [4.78, 5) is 20.4. The van der Waals surface area contributed by atoms with Gasteiger partial charge in [0.25, 0.3) is 10.1 Å². The molecule has 0 radical (unpaired) electrons. The van der Waals surface area contributed by atoms with Crippen molar-refractivity contribution in [1.82, 2.24) is 0 Å². The number of hydrogen-bond donors (Lipinski definition) is 4. The normalized spacial score (nSPS) is 13.1. The van der Waals surface area contributed by atoms with E-state index >= 15 is 0 Å². The van der Waals surface area contributed by atoms with Gasteiger partial charge < -0.3 is 14.5 Å². The molecule has 0 rings (SSSR count). The van der Waals surface area contributed by atoms with Gasteiger partial charge in [-0.3, -0.25) is 14.1 Å². The Bertz CT molecular complexity index is 340. The fourth-order valence-electron chi connectivity index (χ4n) is 0.555. The first kappa shape index (κ1) is 26.7. The van der Waals surface area contributed by atoms with Crippen molar-refractivity contribution >= 4 is 34.7 Å². The molecule has 2 atom stereocenters. The molecular formula is C4H9Na3O7S2. The van der Waals surface area contributed by atoms with Crippen molar-refractivity contribution in [1.29, 1.82) is 0 Å². The minimum atomic E-state index is -4.97. The molecular weight excluding hydrogens is 293 g/mol. The number of carbonyl (C=O) groups is 2. The third-order valence-corrected chi connectivity index (χ3v) is 2.94. The first-order chi connectivity index (χ1) is 5.68. The minimum Gasteiger partial charge on any atom is -1.00 e. The Morgan fingerprint density at radius 2 is 1.38 bits per heavy atom. The number of hydrogen-bond acceptors (Lipinski definition) is 5. The van der Waals surface area contributed by atoms with Crippen LogP contribution in [0.4, 0.5) is 0 Å². The third kappa shape index (κ3) is 9.17. The van der Waals surface area contributed by atoms with E-state index in [1.807, 2.05) is 0 Å². The van der Waals surface area contributed by atoms with Gasteiger partial charge in [-0.05, 0) is 0 Å².